The zero-order chi connectivity index (χ0) is 33.1. The summed E-state index contributed by atoms with van der Waals surface area (Å²) in [6.07, 6.45) is 4.88. The lowest BCUT2D eigenvalue weighted by molar-refractivity contribution is 0.132. The Kier molecular flexibility index (Phi) is 8.90. The van der Waals surface area contributed by atoms with Crippen LogP contribution in [-0.4, -0.2) is 64.9 Å². The number of fused-ring (bicyclic) bond motifs is 1. The van der Waals surface area contributed by atoms with E-state index in [9.17, 15) is 22.7 Å². The molecule has 0 spiro atoms. The fourth-order valence-electron chi connectivity index (χ4n) is 5.84. The topological polar surface area (TPSA) is 138 Å². The number of amides is 1. The van der Waals surface area contributed by atoms with Crippen molar-refractivity contribution in [3.05, 3.63) is 96.3 Å². The Morgan fingerprint density at radius 3 is 2.62 bits per heavy atom. The highest BCUT2D eigenvalue weighted by atomic mass is 32.2. The zero-order valence-electron chi connectivity index (χ0n) is 25.8. The second-order valence-corrected chi connectivity index (χ2v) is 13.1. The highest BCUT2D eigenvalue weighted by Gasteiger charge is 2.26. The van der Waals surface area contributed by atoms with Gasteiger partial charge in [-0.2, -0.15) is 0 Å². The van der Waals surface area contributed by atoms with Crippen molar-refractivity contribution >= 4 is 44.2 Å². The number of piperidine rings is 1. The Labute approximate surface area is 271 Å². The van der Waals surface area contributed by atoms with Gasteiger partial charge in [-0.1, -0.05) is 42.5 Å². The summed E-state index contributed by atoms with van der Waals surface area (Å²) in [4.78, 5) is 26.4. The van der Waals surface area contributed by atoms with Gasteiger partial charge >= 0.3 is 6.09 Å². The summed E-state index contributed by atoms with van der Waals surface area (Å²) in [6.45, 7) is 1.89. The number of aromatic nitrogens is 3. The summed E-state index contributed by atoms with van der Waals surface area (Å²) >= 11 is 0. The lowest BCUT2D eigenvalue weighted by atomic mass is 10.0. The number of benzene rings is 3. The first kappa shape index (κ1) is 31.7. The molecular formula is C34H33FN6O5S. The van der Waals surface area contributed by atoms with E-state index in [1.54, 1.807) is 60.9 Å². The maximum Gasteiger partial charge on any atom is 0.407 e. The molecule has 1 fully saturated rings. The van der Waals surface area contributed by atoms with Crippen molar-refractivity contribution in [2.24, 2.45) is 0 Å². The number of sulfonamides is 1. The van der Waals surface area contributed by atoms with Crippen LogP contribution in [0.5, 0.6) is 11.6 Å². The van der Waals surface area contributed by atoms with Crippen LogP contribution in [-0.2, 0) is 16.7 Å². The number of para-hydroxylation sites is 1. The molecule has 1 unspecified atom stereocenters. The summed E-state index contributed by atoms with van der Waals surface area (Å²) in [5.41, 5.74) is 2.76. The third-order valence-corrected chi connectivity index (χ3v) is 9.07. The molecule has 47 heavy (non-hydrogen) atoms. The molecule has 0 saturated carbocycles. The normalized spacial score (nSPS) is 15.0. The van der Waals surface area contributed by atoms with Gasteiger partial charge in [0.1, 0.15) is 12.4 Å². The van der Waals surface area contributed by atoms with Crippen LogP contribution in [0.1, 0.15) is 24.0 Å². The summed E-state index contributed by atoms with van der Waals surface area (Å²) in [5, 5.41) is 13.9. The lowest BCUT2D eigenvalue weighted by Crippen LogP contribution is -2.44. The molecule has 6 rings (SSSR count). The zero-order valence-corrected chi connectivity index (χ0v) is 26.6. The van der Waals surface area contributed by atoms with Gasteiger partial charge in [-0.3, -0.25) is 0 Å². The number of nitrogens with zero attached hydrogens (tertiary/aromatic N) is 5. The van der Waals surface area contributed by atoms with E-state index in [0.29, 0.717) is 52.5 Å². The fourth-order valence-corrected chi connectivity index (χ4v) is 6.89. The fraction of sp³-hybridized carbons (Fsp3) is 0.235. The maximum absolute atomic E-state index is 14.0. The average Bonchev–Trinajstić information content (AvgIpc) is 3.06. The Bertz CT molecular complexity index is 2060. The summed E-state index contributed by atoms with van der Waals surface area (Å²) in [5.74, 6) is 1.10. The minimum atomic E-state index is -3.88. The van der Waals surface area contributed by atoms with Crippen molar-refractivity contribution in [2.45, 2.75) is 32.5 Å². The Balaban J connectivity index is 1.37. The second-order valence-electron chi connectivity index (χ2n) is 11.3. The number of aryl methyl sites for hydroxylation is 1. The van der Waals surface area contributed by atoms with E-state index in [-0.39, 0.29) is 23.2 Å². The van der Waals surface area contributed by atoms with Gasteiger partial charge in [0.25, 0.3) is 0 Å². The average molecular weight is 657 g/mol. The Morgan fingerprint density at radius 2 is 1.83 bits per heavy atom. The highest BCUT2D eigenvalue weighted by Crippen LogP contribution is 2.42. The van der Waals surface area contributed by atoms with Crippen LogP contribution in [0.2, 0.25) is 0 Å². The Hall–Kier alpha value is -5.30. The first-order valence-electron chi connectivity index (χ1n) is 15.0. The van der Waals surface area contributed by atoms with Crippen molar-refractivity contribution in [1.29, 1.82) is 0 Å². The van der Waals surface area contributed by atoms with Crippen LogP contribution < -0.4 is 14.4 Å². The largest absolute Gasteiger partial charge is 0.465 e. The number of hydrogen-bond donors (Lipinski definition) is 2. The molecule has 3 aromatic carbocycles. The number of halogens is 1. The van der Waals surface area contributed by atoms with Gasteiger partial charge < -0.3 is 20.1 Å². The number of rotatable bonds is 9. The molecular weight excluding hydrogens is 623 g/mol. The maximum atomic E-state index is 14.0. The number of alkyl halides is 1. The third kappa shape index (κ3) is 6.66. The molecule has 5 aromatic rings. The van der Waals surface area contributed by atoms with Gasteiger partial charge in [0.15, 0.2) is 0 Å². The van der Waals surface area contributed by atoms with Crippen LogP contribution in [0.15, 0.2) is 85.2 Å². The molecule has 1 aliphatic rings. The molecule has 0 bridgehead atoms. The first-order valence-corrected chi connectivity index (χ1v) is 16.9. The number of likely N-dealkylation sites (tertiary alicyclic amines) is 1. The quantitative estimate of drug-likeness (QED) is 0.173. The molecule has 2 aromatic heterocycles. The van der Waals surface area contributed by atoms with Gasteiger partial charge in [0, 0.05) is 47.9 Å². The smallest absolute Gasteiger partial charge is 0.407 e. The van der Waals surface area contributed by atoms with Gasteiger partial charge in [-0.25, -0.2) is 36.9 Å². The van der Waals surface area contributed by atoms with Crippen molar-refractivity contribution in [2.75, 3.05) is 29.0 Å². The third-order valence-electron chi connectivity index (χ3n) is 8.02. The molecule has 11 nitrogen and oxygen atoms in total. The van der Waals surface area contributed by atoms with Crippen molar-refractivity contribution in [1.82, 2.24) is 19.9 Å². The van der Waals surface area contributed by atoms with E-state index in [1.165, 1.54) is 4.90 Å². The molecule has 1 aliphatic heterocycles. The minimum absolute atomic E-state index is 0.129. The highest BCUT2D eigenvalue weighted by molar-refractivity contribution is 7.92. The molecule has 1 amide bonds. The number of pyridine rings is 1. The van der Waals surface area contributed by atoms with E-state index in [0.717, 1.165) is 29.0 Å². The van der Waals surface area contributed by atoms with Crippen molar-refractivity contribution in [3.8, 4) is 22.9 Å². The van der Waals surface area contributed by atoms with Crippen LogP contribution in [0.4, 0.5) is 26.5 Å². The predicted molar refractivity (Wildman–Crippen MR) is 179 cm³/mol. The number of anilines is 3. The molecule has 1 atom stereocenters. The van der Waals surface area contributed by atoms with Gasteiger partial charge in [-0.05, 0) is 55.7 Å². The van der Waals surface area contributed by atoms with Gasteiger partial charge in [0.05, 0.1) is 28.9 Å². The standard InChI is InChI=1S/C34H33FN6O5S/c1-22-14-15-25-26(10-5-13-30(25)41(47(2,44)45)29-12-4-3-8-23(29)20-35)31(22)46-32-27(11-6-17-36-32)28-16-18-37-33(39-28)38-24-9-7-19-40(21-24)34(42)43/h3-6,8,10-18,24H,7,9,19-21H2,1-2H3,(H,42,43)(H,37,38,39). The lowest BCUT2D eigenvalue weighted by Gasteiger charge is -2.31. The van der Waals surface area contributed by atoms with Crippen LogP contribution >= 0.6 is 0 Å². The Morgan fingerprint density at radius 1 is 1.02 bits per heavy atom. The summed E-state index contributed by atoms with van der Waals surface area (Å²) in [6, 6.07) is 20.6. The van der Waals surface area contributed by atoms with Crippen molar-refractivity contribution < 1.29 is 27.4 Å². The van der Waals surface area contributed by atoms with E-state index in [2.05, 4.69) is 15.3 Å². The van der Waals surface area contributed by atoms with Gasteiger partial charge in [0.2, 0.25) is 21.9 Å². The van der Waals surface area contributed by atoms with Crippen LogP contribution in [0.3, 0.4) is 0 Å². The van der Waals surface area contributed by atoms with Crippen LogP contribution in [0, 0.1) is 6.92 Å². The van der Waals surface area contributed by atoms with Gasteiger partial charge in [-0.15, -0.1) is 0 Å². The SMILES string of the molecule is Cc1ccc2c(N(c3ccccc3CF)S(C)(=O)=O)cccc2c1Oc1ncccc1-c1ccnc(NC2CCCN(C(=O)O)C2)n1. The molecule has 0 radical (unpaired) electrons. The van der Waals surface area contributed by atoms with E-state index in [1.807, 2.05) is 31.2 Å². The summed E-state index contributed by atoms with van der Waals surface area (Å²) in [7, 11) is -3.88. The monoisotopic (exact) mass is 656 g/mol. The molecule has 3 heterocycles. The summed E-state index contributed by atoms with van der Waals surface area (Å²) < 4.78 is 48.1. The molecule has 0 aliphatic carbocycles. The van der Waals surface area contributed by atoms with Crippen molar-refractivity contribution in [3.63, 3.8) is 0 Å². The van der Waals surface area contributed by atoms with E-state index < -0.39 is 22.8 Å². The number of nitrogens with one attached hydrogen (secondary N) is 1. The molecule has 13 heteroatoms. The van der Waals surface area contributed by atoms with E-state index in [4.69, 9.17) is 9.72 Å². The molecule has 1 saturated heterocycles. The predicted octanol–water partition coefficient (Wildman–Crippen LogP) is 6.91. The first-order chi connectivity index (χ1) is 22.6. The number of ether oxygens (including phenoxy) is 1. The molecule has 242 valence electrons. The number of carbonyl (C=O) groups is 1. The second kappa shape index (κ2) is 13.2. The minimum Gasteiger partial charge on any atom is -0.465 e. The number of carboxylic acid groups (broad SMARTS) is 1. The molecule has 2 N–H and O–H groups in total. The number of hydrogen-bond acceptors (Lipinski definition) is 8. The van der Waals surface area contributed by atoms with E-state index >= 15 is 0 Å². The van der Waals surface area contributed by atoms with Crippen LogP contribution in [0.25, 0.3) is 22.0 Å².